The Hall–Kier alpha value is -2.96. The van der Waals surface area contributed by atoms with Crippen LogP contribution in [0.1, 0.15) is 22.1 Å². The first-order valence-electron chi connectivity index (χ1n) is 6.50. The number of carbonyl (C=O) groups excluding carboxylic acids is 1. The summed E-state index contributed by atoms with van der Waals surface area (Å²) in [4.78, 5) is 16.2. The maximum absolute atomic E-state index is 12.2. The Morgan fingerprint density at radius 2 is 2.19 bits per heavy atom. The highest BCUT2D eigenvalue weighted by atomic mass is 16.2. The van der Waals surface area contributed by atoms with Crippen molar-refractivity contribution in [2.24, 2.45) is 0 Å². The van der Waals surface area contributed by atoms with Gasteiger partial charge in [-0.3, -0.25) is 4.79 Å². The van der Waals surface area contributed by atoms with Gasteiger partial charge in [0.1, 0.15) is 0 Å². The number of aromatic amines is 1. The van der Waals surface area contributed by atoms with Crippen LogP contribution in [0.15, 0.2) is 55.2 Å². The lowest BCUT2D eigenvalue weighted by atomic mass is 10.1. The van der Waals surface area contributed by atoms with E-state index in [4.69, 9.17) is 0 Å². The van der Waals surface area contributed by atoms with E-state index in [-0.39, 0.29) is 17.6 Å². The van der Waals surface area contributed by atoms with Crippen molar-refractivity contribution in [2.75, 3.05) is 0 Å². The number of hydrogen-bond acceptors (Lipinski definition) is 4. The smallest absolute Gasteiger partial charge is 0.274 e. The van der Waals surface area contributed by atoms with E-state index in [9.17, 15) is 4.79 Å². The zero-order valence-corrected chi connectivity index (χ0v) is 11.2. The molecule has 3 rings (SSSR count). The summed E-state index contributed by atoms with van der Waals surface area (Å²) in [5, 5.41) is 12.8. The molecule has 0 aliphatic heterocycles. The molecule has 7 nitrogen and oxygen atoms in total. The number of H-pyrrole nitrogens is 1. The molecule has 0 bridgehead atoms. The number of amides is 1. The highest BCUT2D eigenvalue weighted by Gasteiger charge is 2.17. The third kappa shape index (κ3) is 3.14. The molecule has 0 fully saturated rings. The van der Waals surface area contributed by atoms with Crippen LogP contribution in [0.3, 0.4) is 0 Å². The monoisotopic (exact) mass is 282 g/mol. The Balaban J connectivity index is 1.80. The van der Waals surface area contributed by atoms with Gasteiger partial charge in [-0.1, -0.05) is 30.3 Å². The number of aromatic nitrogens is 5. The number of imidazole rings is 1. The van der Waals surface area contributed by atoms with Gasteiger partial charge in [-0.25, -0.2) is 4.98 Å². The van der Waals surface area contributed by atoms with E-state index in [0.717, 1.165) is 5.56 Å². The maximum Gasteiger partial charge on any atom is 0.274 e. The molecular weight excluding hydrogens is 268 g/mol. The zero-order valence-electron chi connectivity index (χ0n) is 11.2. The van der Waals surface area contributed by atoms with Crippen molar-refractivity contribution in [1.82, 2.24) is 30.3 Å². The van der Waals surface area contributed by atoms with Crippen molar-refractivity contribution in [3.05, 3.63) is 66.5 Å². The van der Waals surface area contributed by atoms with Gasteiger partial charge in [0.2, 0.25) is 0 Å². The van der Waals surface area contributed by atoms with Gasteiger partial charge in [-0.2, -0.15) is 15.4 Å². The van der Waals surface area contributed by atoms with Crippen LogP contribution in [-0.2, 0) is 6.54 Å². The summed E-state index contributed by atoms with van der Waals surface area (Å²) in [6, 6.07) is 9.61. The van der Waals surface area contributed by atoms with Crippen LogP contribution in [0.2, 0.25) is 0 Å². The third-order valence-electron chi connectivity index (χ3n) is 3.11. The quantitative estimate of drug-likeness (QED) is 0.735. The van der Waals surface area contributed by atoms with Crippen molar-refractivity contribution in [3.8, 4) is 0 Å². The van der Waals surface area contributed by atoms with Gasteiger partial charge in [-0.05, 0) is 5.56 Å². The van der Waals surface area contributed by atoms with E-state index >= 15 is 0 Å². The van der Waals surface area contributed by atoms with E-state index in [0.29, 0.717) is 6.54 Å². The van der Waals surface area contributed by atoms with Gasteiger partial charge in [-0.15, -0.1) is 0 Å². The Bertz CT molecular complexity index is 678. The average molecular weight is 282 g/mol. The van der Waals surface area contributed by atoms with E-state index in [1.807, 2.05) is 41.1 Å². The molecule has 3 aromatic rings. The van der Waals surface area contributed by atoms with Crippen molar-refractivity contribution < 1.29 is 4.79 Å². The molecule has 7 heteroatoms. The lowest BCUT2D eigenvalue weighted by Gasteiger charge is -2.19. The molecule has 2 N–H and O–H groups in total. The number of hydrogen-bond donors (Lipinski definition) is 2. The predicted octanol–water partition coefficient (Wildman–Crippen LogP) is 1.17. The molecular formula is C14H14N6O. The molecule has 2 heterocycles. The van der Waals surface area contributed by atoms with Crippen LogP contribution < -0.4 is 5.32 Å². The molecule has 0 saturated heterocycles. The minimum absolute atomic E-state index is 0.176. The third-order valence-corrected chi connectivity index (χ3v) is 3.11. The van der Waals surface area contributed by atoms with Crippen molar-refractivity contribution in [2.45, 2.75) is 12.6 Å². The molecule has 0 radical (unpaired) electrons. The minimum Gasteiger partial charge on any atom is -0.342 e. The van der Waals surface area contributed by atoms with Crippen LogP contribution in [0.5, 0.6) is 0 Å². The molecule has 0 saturated carbocycles. The van der Waals surface area contributed by atoms with Crippen molar-refractivity contribution >= 4 is 5.91 Å². The zero-order chi connectivity index (χ0) is 14.5. The summed E-state index contributed by atoms with van der Waals surface area (Å²) < 4.78 is 1.92. The van der Waals surface area contributed by atoms with Crippen molar-refractivity contribution in [1.29, 1.82) is 0 Å². The molecule has 1 amide bonds. The normalized spacial score (nSPS) is 12.0. The van der Waals surface area contributed by atoms with E-state index < -0.39 is 0 Å². The molecule has 1 aromatic carbocycles. The van der Waals surface area contributed by atoms with Gasteiger partial charge in [0.05, 0.1) is 18.6 Å². The number of benzene rings is 1. The first-order valence-corrected chi connectivity index (χ1v) is 6.50. The molecule has 106 valence electrons. The van der Waals surface area contributed by atoms with Crippen molar-refractivity contribution in [3.63, 3.8) is 0 Å². The first-order chi connectivity index (χ1) is 10.3. The summed E-state index contributed by atoms with van der Waals surface area (Å²) in [7, 11) is 0. The lowest BCUT2D eigenvalue weighted by Crippen LogP contribution is -2.31. The summed E-state index contributed by atoms with van der Waals surface area (Å²) in [6.07, 6.45) is 6.69. The first kappa shape index (κ1) is 13.0. The fourth-order valence-corrected chi connectivity index (χ4v) is 2.07. The van der Waals surface area contributed by atoms with Crippen LogP contribution >= 0.6 is 0 Å². The second-order valence-electron chi connectivity index (χ2n) is 4.55. The molecule has 1 atom stereocenters. The molecule has 0 aliphatic rings. The number of carbonyl (C=O) groups is 1. The van der Waals surface area contributed by atoms with Crippen LogP contribution in [0, 0.1) is 0 Å². The summed E-state index contributed by atoms with van der Waals surface area (Å²) in [5.41, 5.74) is 1.28. The van der Waals surface area contributed by atoms with Gasteiger partial charge < -0.3 is 9.88 Å². The van der Waals surface area contributed by atoms with E-state index in [1.54, 1.807) is 12.5 Å². The molecule has 0 aliphatic carbocycles. The minimum atomic E-state index is -0.266. The molecule has 2 aromatic heterocycles. The Morgan fingerprint density at radius 3 is 2.86 bits per heavy atom. The maximum atomic E-state index is 12.2. The molecule has 0 spiro atoms. The Labute approximate surface area is 121 Å². The highest BCUT2D eigenvalue weighted by molar-refractivity contribution is 5.92. The summed E-state index contributed by atoms with van der Waals surface area (Å²) in [5.74, 6) is -0.266. The lowest BCUT2D eigenvalue weighted by molar-refractivity contribution is 0.0927. The fraction of sp³-hybridized carbons (Fsp3) is 0.143. The van der Waals surface area contributed by atoms with Gasteiger partial charge in [0, 0.05) is 18.9 Å². The van der Waals surface area contributed by atoms with E-state index in [1.165, 1.54) is 6.20 Å². The number of nitrogens with zero attached hydrogens (tertiary/aromatic N) is 4. The van der Waals surface area contributed by atoms with Crippen LogP contribution in [0.4, 0.5) is 0 Å². The Kier molecular flexibility index (Phi) is 3.72. The molecule has 0 unspecified atom stereocenters. The summed E-state index contributed by atoms with van der Waals surface area (Å²) >= 11 is 0. The molecule has 21 heavy (non-hydrogen) atoms. The van der Waals surface area contributed by atoms with Crippen LogP contribution in [0.25, 0.3) is 0 Å². The topological polar surface area (TPSA) is 88.5 Å². The second-order valence-corrected chi connectivity index (χ2v) is 4.55. The largest absolute Gasteiger partial charge is 0.342 e. The second kappa shape index (κ2) is 6.00. The fourth-order valence-electron chi connectivity index (χ4n) is 2.07. The Morgan fingerprint density at radius 1 is 1.33 bits per heavy atom. The standard InChI is InChI=1S/C14H14N6O/c21-14(12-8-16-19-18-12)17-13(9-20-7-6-15-10-20)11-4-2-1-3-5-11/h1-8,10,13H,9H2,(H,17,21)(H,16,18,19)/t13-/m1/s1. The summed E-state index contributed by atoms with van der Waals surface area (Å²) in [6.45, 7) is 0.591. The SMILES string of the molecule is O=C(N[C@H](Cn1ccnc1)c1ccccc1)c1cn[nH]n1. The average Bonchev–Trinajstić information content (AvgIpc) is 3.21. The van der Waals surface area contributed by atoms with Gasteiger partial charge in [0.15, 0.2) is 5.69 Å². The number of rotatable bonds is 5. The van der Waals surface area contributed by atoms with E-state index in [2.05, 4.69) is 25.7 Å². The van der Waals surface area contributed by atoms with Crippen LogP contribution in [-0.4, -0.2) is 30.9 Å². The predicted molar refractivity (Wildman–Crippen MR) is 75.3 cm³/mol. The van der Waals surface area contributed by atoms with Gasteiger partial charge >= 0.3 is 0 Å². The highest BCUT2D eigenvalue weighted by Crippen LogP contribution is 2.15. The van der Waals surface area contributed by atoms with Gasteiger partial charge in [0.25, 0.3) is 5.91 Å². The number of nitrogens with one attached hydrogen (secondary N) is 2.